The average molecular weight is 539 g/mol. The molecule has 4 nitrogen and oxygen atoms in total. The first-order valence-electron chi connectivity index (χ1n) is 17.0. The van der Waals surface area contributed by atoms with Crippen molar-refractivity contribution in [2.75, 3.05) is 0 Å². The molecule has 0 radical (unpaired) electrons. The lowest BCUT2D eigenvalue weighted by Crippen LogP contribution is -2.24. The van der Waals surface area contributed by atoms with Gasteiger partial charge < -0.3 is 9.47 Å². The molecule has 0 N–H and O–H groups in total. The Hall–Kier alpha value is -1.06. The zero-order chi connectivity index (χ0) is 27.9. The normalized spacial score (nSPS) is 11.3. The summed E-state index contributed by atoms with van der Waals surface area (Å²) in [7, 11) is 0. The van der Waals surface area contributed by atoms with E-state index in [0.29, 0.717) is 19.3 Å². The Morgan fingerprint density at radius 3 is 0.974 bits per heavy atom. The van der Waals surface area contributed by atoms with Crippen LogP contribution in [-0.4, -0.2) is 18.2 Å². The van der Waals surface area contributed by atoms with E-state index in [4.69, 9.17) is 9.47 Å². The summed E-state index contributed by atoms with van der Waals surface area (Å²) in [5, 5.41) is 0. The van der Waals surface area contributed by atoms with Gasteiger partial charge in [0.15, 0.2) is 0 Å². The predicted octanol–water partition coefficient (Wildman–Crippen LogP) is 11.4. The topological polar surface area (TPSA) is 52.6 Å². The van der Waals surface area contributed by atoms with E-state index in [1.807, 2.05) is 0 Å². The van der Waals surface area contributed by atoms with Gasteiger partial charge in [0.1, 0.15) is 0 Å². The van der Waals surface area contributed by atoms with Crippen molar-refractivity contribution >= 4 is 11.9 Å². The van der Waals surface area contributed by atoms with E-state index in [-0.39, 0.29) is 11.9 Å². The van der Waals surface area contributed by atoms with Crippen LogP contribution in [0.15, 0.2) is 0 Å². The number of carbonyl (C=O) groups excluding carboxylic acids is 2. The molecule has 0 rings (SSSR count). The highest BCUT2D eigenvalue weighted by Gasteiger charge is 2.18. The Balaban J connectivity index is 4.22. The first-order chi connectivity index (χ1) is 18.6. The number of unbranched alkanes of at least 4 members (excludes halogenated alkanes) is 22. The van der Waals surface area contributed by atoms with Crippen molar-refractivity contribution in [2.45, 2.75) is 207 Å². The zero-order valence-corrected chi connectivity index (χ0v) is 26.0. The smallest absolute Gasteiger partial charge is 0.308 e. The lowest BCUT2D eigenvalue weighted by Gasteiger charge is -2.18. The highest BCUT2D eigenvalue weighted by molar-refractivity contribution is 5.71. The first-order valence-corrected chi connectivity index (χ1v) is 17.0. The Kier molecular flexibility index (Phi) is 29.6. The average Bonchev–Trinajstić information content (AvgIpc) is 2.90. The molecule has 0 atom stereocenters. The van der Waals surface area contributed by atoms with Gasteiger partial charge in [-0.25, -0.2) is 0 Å². The van der Waals surface area contributed by atoms with Gasteiger partial charge in [-0.15, -0.1) is 0 Å². The number of rotatable bonds is 30. The molecule has 0 bridgehead atoms. The highest BCUT2D eigenvalue weighted by Crippen LogP contribution is 2.17. The molecule has 0 aromatic rings. The molecular weight excluding hydrogens is 472 g/mol. The fraction of sp³-hybridized carbons (Fsp3) is 0.941. The fourth-order valence-electron chi connectivity index (χ4n) is 4.98. The van der Waals surface area contributed by atoms with Crippen LogP contribution in [-0.2, 0) is 19.1 Å². The van der Waals surface area contributed by atoms with Crippen molar-refractivity contribution in [1.82, 2.24) is 0 Å². The van der Waals surface area contributed by atoms with Crippen LogP contribution in [0.25, 0.3) is 0 Å². The second kappa shape index (κ2) is 30.5. The molecule has 0 aromatic heterocycles. The van der Waals surface area contributed by atoms with Crippen molar-refractivity contribution in [2.24, 2.45) is 0 Å². The Bertz CT molecular complexity index is 471. The monoisotopic (exact) mass is 538 g/mol. The van der Waals surface area contributed by atoms with E-state index in [9.17, 15) is 9.59 Å². The van der Waals surface area contributed by atoms with Crippen LogP contribution in [0.3, 0.4) is 0 Å². The van der Waals surface area contributed by atoms with Gasteiger partial charge in [0.2, 0.25) is 6.29 Å². The van der Waals surface area contributed by atoms with Gasteiger partial charge in [-0.1, -0.05) is 162 Å². The molecule has 0 unspecified atom stereocenters. The molecule has 0 saturated heterocycles. The summed E-state index contributed by atoms with van der Waals surface area (Å²) >= 11 is 0. The van der Waals surface area contributed by atoms with Gasteiger partial charge in [-0.2, -0.15) is 0 Å². The number of hydrogen-bond acceptors (Lipinski definition) is 4. The van der Waals surface area contributed by atoms with E-state index in [1.54, 1.807) is 0 Å². The standard InChI is InChI=1S/C34H66O4/c1-4-7-10-13-16-19-22-25-28-31-34(37-32(35)29-26-23-20-17-14-11-8-5-2)38-33(36)30-27-24-21-18-15-12-9-6-3/h34H,4-31H2,1-3H3. The Morgan fingerprint density at radius 2 is 0.658 bits per heavy atom. The summed E-state index contributed by atoms with van der Waals surface area (Å²) in [6, 6.07) is 0. The predicted molar refractivity (Wildman–Crippen MR) is 162 cm³/mol. The first kappa shape index (κ1) is 36.9. The third-order valence-electron chi connectivity index (χ3n) is 7.54. The molecule has 226 valence electrons. The van der Waals surface area contributed by atoms with Crippen LogP contribution in [0.1, 0.15) is 201 Å². The van der Waals surface area contributed by atoms with Crippen LogP contribution in [0.5, 0.6) is 0 Å². The fourth-order valence-corrected chi connectivity index (χ4v) is 4.98. The van der Waals surface area contributed by atoms with Crippen molar-refractivity contribution < 1.29 is 19.1 Å². The van der Waals surface area contributed by atoms with Crippen molar-refractivity contribution in [3.05, 3.63) is 0 Å². The molecule has 38 heavy (non-hydrogen) atoms. The van der Waals surface area contributed by atoms with Gasteiger partial charge in [0, 0.05) is 19.3 Å². The molecule has 0 aliphatic heterocycles. The maximum Gasteiger partial charge on any atom is 0.308 e. The van der Waals surface area contributed by atoms with Crippen molar-refractivity contribution in [3.63, 3.8) is 0 Å². The summed E-state index contributed by atoms with van der Waals surface area (Å²) < 4.78 is 11.3. The lowest BCUT2D eigenvalue weighted by molar-refractivity contribution is -0.189. The van der Waals surface area contributed by atoms with Gasteiger partial charge in [0.25, 0.3) is 0 Å². The summed E-state index contributed by atoms with van der Waals surface area (Å²) in [5.41, 5.74) is 0. The molecule has 0 aliphatic rings. The largest absolute Gasteiger partial charge is 0.425 e. The van der Waals surface area contributed by atoms with Gasteiger partial charge >= 0.3 is 11.9 Å². The van der Waals surface area contributed by atoms with Crippen LogP contribution < -0.4 is 0 Å². The molecule has 0 fully saturated rings. The third kappa shape index (κ3) is 28.0. The third-order valence-corrected chi connectivity index (χ3v) is 7.54. The number of hydrogen-bond donors (Lipinski definition) is 0. The summed E-state index contributed by atoms with van der Waals surface area (Å²) in [4.78, 5) is 24.9. The highest BCUT2D eigenvalue weighted by atomic mass is 16.7. The second-order valence-corrected chi connectivity index (χ2v) is 11.5. The Labute approximate surface area is 237 Å². The summed E-state index contributed by atoms with van der Waals surface area (Å²) in [6.07, 6.45) is 31.1. The molecule has 4 heteroatoms. The van der Waals surface area contributed by atoms with Crippen LogP contribution in [0.2, 0.25) is 0 Å². The molecule has 0 aromatic carbocycles. The van der Waals surface area contributed by atoms with E-state index >= 15 is 0 Å². The van der Waals surface area contributed by atoms with Crippen molar-refractivity contribution in [1.29, 1.82) is 0 Å². The Morgan fingerprint density at radius 1 is 0.395 bits per heavy atom. The summed E-state index contributed by atoms with van der Waals surface area (Å²) in [5.74, 6) is -0.423. The lowest BCUT2D eigenvalue weighted by atomic mass is 10.1. The SMILES string of the molecule is CCCCCCCCCCCC(OC(=O)CCCCCCCCCC)OC(=O)CCCCCCCCCC. The molecule has 0 aliphatic carbocycles. The van der Waals surface area contributed by atoms with E-state index < -0.39 is 6.29 Å². The number of ether oxygens (including phenoxy) is 2. The van der Waals surface area contributed by atoms with Gasteiger partial charge in [0.05, 0.1) is 0 Å². The zero-order valence-electron chi connectivity index (χ0n) is 26.0. The van der Waals surface area contributed by atoms with Crippen LogP contribution >= 0.6 is 0 Å². The number of esters is 2. The second-order valence-electron chi connectivity index (χ2n) is 11.5. The maximum atomic E-state index is 12.5. The van der Waals surface area contributed by atoms with Crippen LogP contribution in [0.4, 0.5) is 0 Å². The van der Waals surface area contributed by atoms with Crippen LogP contribution in [0, 0.1) is 0 Å². The maximum absolute atomic E-state index is 12.5. The minimum atomic E-state index is -0.706. The van der Waals surface area contributed by atoms with E-state index in [2.05, 4.69) is 20.8 Å². The number of carbonyl (C=O) groups is 2. The van der Waals surface area contributed by atoms with Gasteiger partial charge in [-0.05, 0) is 19.3 Å². The summed E-state index contributed by atoms with van der Waals surface area (Å²) in [6.45, 7) is 6.73. The van der Waals surface area contributed by atoms with E-state index in [0.717, 1.165) is 38.5 Å². The minimum absolute atomic E-state index is 0.211. The van der Waals surface area contributed by atoms with E-state index in [1.165, 1.54) is 122 Å². The van der Waals surface area contributed by atoms with Crippen molar-refractivity contribution in [3.8, 4) is 0 Å². The molecule has 0 amide bonds. The molecule has 0 spiro atoms. The molecular formula is C34H66O4. The minimum Gasteiger partial charge on any atom is -0.425 e. The molecule has 0 saturated carbocycles. The van der Waals surface area contributed by atoms with Gasteiger partial charge in [-0.3, -0.25) is 9.59 Å². The quantitative estimate of drug-likeness (QED) is 0.0518. The molecule has 0 heterocycles.